The monoisotopic (exact) mass is 445 g/mol. The molecule has 0 spiro atoms. The molecule has 0 aliphatic carbocycles. The second-order valence-electron chi connectivity index (χ2n) is 8.15. The minimum atomic E-state index is -3.59. The molecule has 0 radical (unpaired) electrons. The molecule has 31 heavy (non-hydrogen) atoms. The van der Waals surface area contributed by atoms with Crippen molar-refractivity contribution in [1.82, 2.24) is 9.21 Å². The molecule has 3 rings (SSSR count). The number of carbonyl (C=O) groups excluding carboxylic acids is 1. The SMILES string of the molecule is Cc1cccc(O[C@@H](C)C(=O)Nc2ccc(S(=O)(=O)N(C)C3CCN(C)CC3)cc2)c1. The number of nitrogens with one attached hydrogen (secondary N) is 1. The molecule has 1 aliphatic rings. The zero-order chi connectivity index (χ0) is 22.6. The molecule has 0 unspecified atom stereocenters. The fourth-order valence-electron chi connectivity index (χ4n) is 3.62. The Morgan fingerprint density at radius 3 is 2.42 bits per heavy atom. The van der Waals surface area contributed by atoms with Gasteiger partial charge in [0.15, 0.2) is 6.10 Å². The van der Waals surface area contributed by atoms with E-state index in [4.69, 9.17) is 4.74 Å². The van der Waals surface area contributed by atoms with E-state index in [0.29, 0.717) is 11.4 Å². The van der Waals surface area contributed by atoms with E-state index in [1.165, 1.54) is 16.4 Å². The first-order valence-electron chi connectivity index (χ1n) is 10.5. The molecule has 7 nitrogen and oxygen atoms in total. The lowest BCUT2D eigenvalue weighted by atomic mass is 10.1. The molecule has 1 amide bonds. The van der Waals surface area contributed by atoms with Crippen LogP contribution in [0.25, 0.3) is 0 Å². The molecule has 2 aromatic carbocycles. The molecule has 8 heteroatoms. The van der Waals surface area contributed by atoms with Crippen LogP contribution >= 0.6 is 0 Å². The number of anilines is 1. The second kappa shape index (κ2) is 9.80. The fraction of sp³-hybridized carbons (Fsp3) is 0.435. The van der Waals surface area contributed by atoms with Gasteiger partial charge in [0, 0.05) is 18.8 Å². The molecule has 0 aromatic heterocycles. The van der Waals surface area contributed by atoms with Crippen molar-refractivity contribution < 1.29 is 17.9 Å². The largest absolute Gasteiger partial charge is 0.481 e. The molecule has 1 atom stereocenters. The van der Waals surface area contributed by atoms with Gasteiger partial charge in [-0.25, -0.2) is 8.42 Å². The van der Waals surface area contributed by atoms with Crippen molar-refractivity contribution in [1.29, 1.82) is 0 Å². The quantitative estimate of drug-likeness (QED) is 0.708. The molecule has 1 saturated heterocycles. The Morgan fingerprint density at radius 2 is 1.81 bits per heavy atom. The van der Waals surface area contributed by atoms with Crippen molar-refractivity contribution in [2.75, 3.05) is 32.5 Å². The summed E-state index contributed by atoms with van der Waals surface area (Å²) in [6, 6.07) is 13.8. The number of aryl methyl sites for hydroxylation is 1. The smallest absolute Gasteiger partial charge is 0.265 e. The summed E-state index contributed by atoms with van der Waals surface area (Å²) in [6.07, 6.45) is 0.944. The number of carbonyl (C=O) groups is 1. The van der Waals surface area contributed by atoms with Crippen LogP contribution < -0.4 is 10.1 Å². The minimum absolute atomic E-state index is 0.000186. The lowest BCUT2D eigenvalue weighted by molar-refractivity contribution is -0.122. The number of hydrogen-bond acceptors (Lipinski definition) is 5. The van der Waals surface area contributed by atoms with E-state index in [2.05, 4.69) is 10.2 Å². The molecule has 1 heterocycles. The number of hydrogen-bond donors (Lipinski definition) is 1. The third kappa shape index (κ3) is 5.84. The number of nitrogens with zero attached hydrogens (tertiary/aromatic N) is 2. The first-order valence-corrected chi connectivity index (χ1v) is 11.9. The summed E-state index contributed by atoms with van der Waals surface area (Å²) in [5.41, 5.74) is 1.57. The minimum Gasteiger partial charge on any atom is -0.481 e. The number of benzene rings is 2. The van der Waals surface area contributed by atoms with Crippen LogP contribution in [0.2, 0.25) is 0 Å². The van der Waals surface area contributed by atoms with Gasteiger partial charge in [-0.2, -0.15) is 4.31 Å². The fourth-order valence-corrected chi connectivity index (χ4v) is 5.04. The van der Waals surface area contributed by atoms with Gasteiger partial charge in [-0.05, 0) is 88.8 Å². The zero-order valence-corrected chi connectivity index (χ0v) is 19.4. The maximum Gasteiger partial charge on any atom is 0.265 e. The topological polar surface area (TPSA) is 78.9 Å². The van der Waals surface area contributed by atoms with Crippen LogP contribution in [-0.2, 0) is 14.8 Å². The van der Waals surface area contributed by atoms with Crippen molar-refractivity contribution in [3.63, 3.8) is 0 Å². The maximum absolute atomic E-state index is 13.0. The normalized spacial score (nSPS) is 16.8. The van der Waals surface area contributed by atoms with E-state index >= 15 is 0 Å². The summed E-state index contributed by atoms with van der Waals surface area (Å²) < 4.78 is 33.2. The van der Waals surface area contributed by atoms with Crippen molar-refractivity contribution in [3.05, 3.63) is 54.1 Å². The van der Waals surface area contributed by atoms with Crippen LogP contribution in [0.4, 0.5) is 5.69 Å². The van der Waals surface area contributed by atoms with E-state index in [9.17, 15) is 13.2 Å². The van der Waals surface area contributed by atoms with Crippen molar-refractivity contribution in [2.24, 2.45) is 0 Å². The summed E-state index contributed by atoms with van der Waals surface area (Å²) >= 11 is 0. The zero-order valence-electron chi connectivity index (χ0n) is 18.5. The van der Waals surface area contributed by atoms with Crippen LogP contribution in [0.5, 0.6) is 5.75 Å². The van der Waals surface area contributed by atoms with E-state index in [1.807, 2.05) is 32.2 Å². The van der Waals surface area contributed by atoms with Gasteiger partial charge >= 0.3 is 0 Å². The Bertz CT molecular complexity index is 1000. The van der Waals surface area contributed by atoms with E-state index in [-0.39, 0.29) is 16.8 Å². The molecule has 2 aromatic rings. The third-order valence-electron chi connectivity index (χ3n) is 5.67. The highest BCUT2D eigenvalue weighted by Crippen LogP contribution is 2.23. The molecule has 168 valence electrons. The predicted molar refractivity (Wildman–Crippen MR) is 122 cm³/mol. The summed E-state index contributed by atoms with van der Waals surface area (Å²) in [4.78, 5) is 14.9. The number of piperidine rings is 1. The van der Waals surface area contributed by atoms with Crippen LogP contribution in [0.15, 0.2) is 53.4 Å². The van der Waals surface area contributed by atoms with Crippen LogP contribution in [0.1, 0.15) is 25.3 Å². The first kappa shape index (κ1) is 23.2. The highest BCUT2D eigenvalue weighted by Gasteiger charge is 2.30. The van der Waals surface area contributed by atoms with Gasteiger partial charge in [-0.1, -0.05) is 12.1 Å². The van der Waals surface area contributed by atoms with Gasteiger partial charge in [0.2, 0.25) is 10.0 Å². The standard InChI is InChI=1S/C23H31N3O4S/c1-17-6-5-7-21(16-17)30-18(2)23(27)24-19-8-10-22(11-9-19)31(28,29)26(4)20-12-14-25(3)15-13-20/h5-11,16,18,20H,12-15H2,1-4H3,(H,24,27)/t18-/m0/s1. The van der Waals surface area contributed by atoms with Crippen molar-refractivity contribution >= 4 is 21.6 Å². The van der Waals surface area contributed by atoms with Crippen LogP contribution in [-0.4, -0.2) is 62.9 Å². The third-order valence-corrected chi connectivity index (χ3v) is 7.60. The molecule has 1 N–H and O–H groups in total. The van der Waals surface area contributed by atoms with Crippen LogP contribution in [0.3, 0.4) is 0 Å². The highest BCUT2D eigenvalue weighted by molar-refractivity contribution is 7.89. The number of ether oxygens (including phenoxy) is 1. The summed E-state index contributed by atoms with van der Waals surface area (Å²) in [5, 5.41) is 2.77. The van der Waals surface area contributed by atoms with E-state index in [1.54, 1.807) is 32.2 Å². The molecular formula is C23H31N3O4S. The first-order chi connectivity index (χ1) is 14.7. The molecule has 0 bridgehead atoms. The average Bonchev–Trinajstić information content (AvgIpc) is 2.74. The Kier molecular flexibility index (Phi) is 7.35. The number of sulfonamides is 1. The Labute approximate surface area is 185 Å². The average molecular weight is 446 g/mol. The lowest BCUT2D eigenvalue weighted by Crippen LogP contribution is -2.44. The summed E-state index contributed by atoms with van der Waals surface area (Å²) in [5.74, 6) is 0.321. The van der Waals surface area contributed by atoms with Gasteiger partial charge in [-0.15, -0.1) is 0 Å². The number of rotatable bonds is 7. The van der Waals surface area contributed by atoms with Gasteiger partial charge in [-0.3, -0.25) is 4.79 Å². The van der Waals surface area contributed by atoms with Crippen molar-refractivity contribution in [3.8, 4) is 5.75 Å². The van der Waals surface area contributed by atoms with Crippen molar-refractivity contribution in [2.45, 2.75) is 43.7 Å². The lowest BCUT2D eigenvalue weighted by Gasteiger charge is -2.34. The van der Waals surface area contributed by atoms with Gasteiger partial charge < -0.3 is 15.0 Å². The maximum atomic E-state index is 13.0. The van der Waals surface area contributed by atoms with Gasteiger partial charge in [0.25, 0.3) is 5.91 Å². The second-order valence-corrected chi connectivity index (χ2v) is 10.1. The Balaban J connectivity index is 1.61. The summed E-state index contributed by atoms with van der Waals surface area (Å²) in [7, 11) is 0.105. The summed E-state index contributed by atoms with van der Waals surface area (Å²) in [6.45, 7) is 5.40. The van der Waals surface area contributed by atoms with Crippen LogP contribution in [0, 0.1) is 6.92 Å². The molecule has 1 aliphatic heterocycles. The van der Waals surface area contributed by atoms with Gasteiger partial charge in [0.1, 0.15) is 5.75 Å². The number of amides is 1. The highest BCUT2D eigenvalue weighted by atomic mass is 32.2. The van der Waals surface area contributed by atoms with E-state index in [0.717, 1.165) is 31.5 Å². The number of likely N-dealkylation sites (tertiary alicyclic amines) is 1. The Morgan fingerprint density at radius 1 is 1.16 bits per heavy atom. The molecule has 1 fully saturated rings. The predicted octanol–water partition coefficient (Wildman–Crippen LogP) is 3.12. The van der Waals surface area contributed by atoms with Gasteiger partial charge in [0.05, 0.1) is 4.90 Å². The molecule has 0 saturated carbocycles. The van der Waals surface area contributed by atoms with E-state index < -0.39 is 16.1 Å². The Hall–Kier alpha value is -2.42. The molecular weight excluding hydrogens is 414 g/mol.